The van der Waals surface area contributed by atoms with Gasteiger partial charge in [-0.1, -0.05) is 60.7 Å². The zero-order valence-electron chi connectivity index (χ0n) is 15.0. The summed E-state index contributed by atoms with van der Waals surface area (Å²) in [6, 6.07) is 23.1. The molecule has 1 aliphatic rings. The maximum absolute atomic E-state index is 10.3. The Morgan fingerprint density at radius 3 is 2.31 bits per heavy atom. The van der Waals surface area contributed by atoms with E-state index in [2.05, 4.69) is 56.3 Å². The van der Waals surface area contributed by atoms with Gasteiger partial charge in [-0.25, -0.2) is 0 Å². The van der Waals surface area contributed by atoms with Gasteiger partial charge in [0.15, 0.2) is 0 Å². The molecule has 0 bridgehead atoms. The molecule has 26 heavy (non-hydrogen) atoms. The molecule has 0 unspecified atom stereocenters. The molecule has 0 aliphatic heterocycles. The standard InChI is InChI=1S/C25H20O/c1-15-13-22-18-8-4-3-7-17(18)14-23(22)25(16(15)2)21-11-12-24(26)20-10-6-5-9-19(20)21/h3-13,26H,14H2,1-2H3. The van der Waals surface area contributed by atoms with Crippen molar-refractivity contribution in [1.29, 1.82) is 0 Å². The molecule has 0 amide bonds. The van der Waals surface area contributed by atoms with Gasteiger partial charge in [-0.2, -0.15) is 0 Å². The number of phenolic OH excluding ortho intramolecular Hbond substituents is 1. The molecule has 0 heterocycles. The highest BCUT2D eigenvalue weighted by molar-refractivity contribution is 6.02. The van der Waals surface area contributed by atoms with Crippen molar-refractivity contribution in [3.8, 4) is 28.0 Å². The van der Waals surface area contributed by atoms with Crippen molar-refractivity contribution < 1.29 is 5.11 Å². The first-order valence-electron chi connectivity index (χ1n) is 9.07. The SMILES string of the molecule is Cc1cc2c(c(-c3ccc(O)c4ccccc34)c1C)Cc1ccccc1-2. The van der Waals surface area contributed by atoms with E-state index in [4.69, 9.17) is 0 Å². The molecule has 0 radical (unpaired) electrons. The van der Waals surface area contributed by atoms with Crippen LogP contribution in [0.1, 0.15) is 22.3 Å². The number of aromatic hydroxyl groups is 1. The number of hydrogen-bond acceptors (Lipinski definition) is 1. The minimum atomic E-state index is 0.342. The lowest BCUT2D eigenvalue weighted by Crippen LogP contribution is -1.96. The van der Waals surface area contributed by atoms with Crippen LogP contribution in [0.4, 0.5) is 0 Å². The fourth-order valence-electron chi connectivity index (χ4n) is 4.39. The van der Waals surface area contributed by atoms with Crippen LogP contribution in [0.3, 0.4) is 0 Å². The Labute approximate surface area is 153 Å². The van der Waals surface area contributed by atoms with Crippen LogP contribution >= 0.6 is 0 Å². The Morgan fingerprint density at radius 2 is 1.46 bits per heavy atom. The van der Waals surface area contributed by atoms with E-state index in [0.29, 0.717) is 5.75 Å². The minimum absolute atomic E-state index is 0.342. The molecular formula is C25H20O. The Morgan fingerprint density at radius 1 is 0.731 bits per heavy atom. The molecule has 4 aromatic carbocycles. The van der Waals surface area contributed by atoms with E-state index in [0.717, 1.165) is 17.2 Å². The lowest BCUT2D eigenvalue weighted by atomic mass is 9.86. The number of aryl methyl sites for hydroxylation is 1. The maximum Gasteiger partial charge on any atom is 0.123 e. The predicted molar refractivity (Wildman–Crippen MR) is 109 cm³/mol. The molecule has 0 aromatic heterocycles. The van der Waals surface area contributed by atoms with Gasteiger partial charge in [0.05, 0.1) is 0 Å². The van der Waals surface area contributed by atoms with Crippen LogP contribution in [0.15, 0.2) is 66.7 Å². The summed E-state index contributed by atoms with van der Waals surface area (Å²) in [5.74, 6) is 0.342. The van der Waals surface area contributed by atoms with Gasteiger partial charge in [-0.15, -0.1) is 0 Å². The van der Waals surface area contributed by atoms with Gasteiger partial charge in [-0.05, 0) is 76.2 Å². The number of benzene rings is 4. The Kier molecular flexibility index (Phi) is 3.20. The van der Waals surface area contributed by atoms with Gasteiger partial charge in [0.1, 0.15) is 5.75 Å². The number of hydrogen-bond donors (Lipinski definition) is 1. The average molecular weight is 336 g/mol. The third-order valence-electron chi connectivity index (χ3n) is 5.80. The molecule has 1 nitrogen and oxygen atoms in total. The van der Waals surface area contributed by atoms with E-state index >= 15 is 0 Å². The highest BCUT2D eigenvalue weighted by Gasteiger charge is 2.24. The quantitative estimate of drug-likeness (QED) is 0.375. The number of fused-ring (bicyclic) bond motifs is 4. The van der Waals surface area contributed by atoms with Crippen LogP contribution in [-0.4, -0.2) is 5.11 Å². The molecule has 126 valence electrons. The van der Waals surface area contributed by atoms with Gasteiger partial charge >= 0.3 is 0 Å². The topological polar surface area (TPSA) is 20.2 Å². The van der Waals surface area contributed by atoms with Crippen molar-refractivity contribution in [2.24, 2.45) is 0 Å². The summed E-state index contributed by atoms with van der Waals surface area (Å²) in [6.07, 6.45) is 0.969. The van der Waals surface area contributed by atoms with Crippen LogP contribution in [0.2, 0.25) is 0 Å². The van der Waals surface area contributed by atoms with E-state index < -0.39 is 0 Å². The zero-order chi connectivity index (χ0) is 17.8. The van der Waals surface area contributed by atoms with Crippen LogP contribution in [-0.2, 0) is 6.42 Å². The molecule has 5 rings (SSSR count). The van der Waals surface area contributed by atoms with Crippen molar-refractivity contribution in [2.45, 2.75) is 20.3 Å². The lowest BCUT2D eigenvalue weighted by molar-refractivity contribution is 0.481. The van der Waals surface area contributed by atoms with Gasteiger partial charge in [0, 0.05) is 5.39 Å². The van der Waals surface area contributed by atoms with Crippen molar-refractivity contribution in [3.05, 3.63) is 89.0 Å². The maximum atomic E-state index is 10.3. The fourth-order valence-corrected chi connectivity index (χ4v) is 4.39. The van der Waals surface area contributed by atoms with E-state index in [1.54, 1.807) is 0 Å². The second-order valence-electron chi connectivity index (χ2n) is 7.23. The summed E-state index contributed by atoms with van der Waals surface area (Å²) in [7, 11) is 0. The number of phenols is 1. The van der Waals surface area contributed by atoms with Crippen molar-refractivity contribution in [3.63, 3.8) is 0 Å². The molecule has 1 heteroatoms. The highest BCUT2D eigenvalue weighted by atomic mass is 16.3. The van der Waals surface area contributed by atoms with E-state index in [1.807, 2.05) is 24.3 Å². The monoisotopic (exact) mass is 336 g/mol. The normalized spacial score (nSPS) is 12.2. The van der Waals surface area contributed by atoms with Crippen LogP contribution < -0.4 is 0 Å². The molecule has 1 N–H and O–H groups in total. The third-order valence-corrected chi connectivity index (χ3v) is 5.80. The van der Waals surface area contributed by atoms with Crippen LogP contribution in [0.25, 0.3) is 33.0 Å². The highest BCUT2D eigenvalue weighted by Crippen LogP contribution is 2.46. The fraction of sp³-hybridized carbons (Fsp3) is 0.120. The van der Waals surface area contributed by atoms with Gasteiger partial charge < -0.3 is 5.11 Å². The Balaban J connectivity index is 1.88. The van der Waals surface area contributed by atoms with E-state index in [1.165, 1.54) is 44.5 Å². The molecule has 0 spiro atoms. The van der Waals surface area contributed by atoms with Crippen molar-refractivity contribution in [2.75, 3.05) is 0 Å². The van der Waals surface area contributed by atoms with Crippen LogP contribution in [0, 0.1) is 13.8 Å². The molecular weight excluding hydrogens is 316 g/mol. The van der Waals surface area contributed by atoms with Crippen molar-refractivity contribution >= 4 is 10.8 Å². The lowest BCUT2D eigenvalue weighted by Gasteiger charge is -2.18. The summed E-state index contributed by atoms with van der Waals surface area (Å²) in [5, 5.41) is 12.3. The van der Waals surface area contributed by atoms with Crippen molar-refractivity contribution in [1.82, 2.24) is 0 Å². The second-order valence-corrected chi connectivity index (χ2v) is 7.23. The van der Waals surface area contributed by atoms with Gasteiger partial charge in [0.2, 0.25) is 0 Å². The van der Waals surface area contributed by atoms with Gasteiger partial charge in [-0.3, -0.25) is 0 Å². The smallest absolute Gasteiger partial charge is 0.123 e. The number of rotatable bonds is 1. The van der Waals surface area contributed by atoms with Gasteiger partial charge in [0.25, 0.3) is 0 Å². The third kappa shape index (κ3) is 2.04. The summed E-state index contributed by atoms with van der Waals surface area (Å²) in [6.45, 7) is 4.41. The minimum Gasteiger partial charge on any atom is -0.507 e. The predicted octanol–water partition coefficient (Wildman–Crippen LogP) is 6.40. The van der Waals surface area contributed by atoms with Crippen LogP contribution in [0.5, 0.6) is 5.75 Å². The van der Waals surface area contributed by atoms with E-state index in [9.17, 15) is 5.11 Å². The Bertz CT molecular complexity index is 1180. The average Bonchev–Trinajstić information content (AvgIpc) is 3.02. The molecule has 0 saturated carbocycles. The largest absolute Gasteiger partial charge is 0.507 e. The zero-order valence-corrected chi connectivity index (χ0v) is 15.0. The summed E-state index contributed by atoms with van der Waals surface area (Å²) in [5.41, 5.74) is 10.7. The molecule has 4 aromatic rings. The Hall–Kier alpha value is -3.06. The molecule has 1 aliphatic carbocycles. The first kappa shape index (κ1) is 15.2. The second kappa shape index (κ2) is 5.47. The first-order valence-corrected chi connectivity index (χ1v) is 9.07. The summed E-state index contributed by atoms with van der Waals surface area (Å²) in [4.78, 5) is 0. The first-order chi connectivity index (χ1) is 12.6. The van der Waals surface area contributed by atoms with E-state index in [-0.39, 0.29) is 0 Å². The molecule has 0 fully saturated rings. The summed E-state index contributed by atoms with van der Waals surface area (Å²) < 4.78 is 0. The molecule has 0 saturated heterocycles. The molecule has 0 atom stereocenters. The summed E-state index contributed by atoms with van der Waals surface area (Å²) >= 11 is 0.